The van der Waals surface area contributed by atoms with Crippen molar-refractivity contribution >= 4 is 27.3 Å². The Morgan fingerprint density at radius 2 is 1.80 bits per heavy atom. The minimum atomic E-state index is -3.44. The van der Waals surface area contributed by atoms with Crippen LogP contribution in [0.4, 0.5) is 0 Å². The van der Waals surface area contributed by atoms with Gasteiger partial charge in [-0.1, -0.05) is 23.8 Å². The van der Waals surface area contributed by atoms with Crippen molar-refractivity contribution in [2.75, 3.05) is 32.8 Å². The van der Waals surface area contributed by atoms with Gasteiger partial charge in [-0.3, -0.25) is 4.79 Å². The molecule has 0 aliphatic carbocycles. The van der Waals surface area contributed by atoms with Gasteiger partial charge in [0, 0.05) is 26.2 Å². The van der Waals surface area contributed by atoms with Gasteiger partial charge in [-0.15, -0.1) is 11.3 Å². The van der Waals surface area contributed by atoms with Crippen molar-refractivity contribution in [2.45, 2.75) is 11.1 Å². The van der Waals surface area contributed by atoms with E-state index in [4.69, 9.17) is 4.74 Å². The summed E-state index contributed by atoms with van der Waals surface area (Å²) in [5.74, 6) is 0.520. The number of hydrogen-bond donors (Lipinski definition) is 0. The summed E-state index contributed by atoms with van der Waals surface area (Å²) in [5, 5.41) is 1.75. The zero-order valence-corrected chi connectivity index (χ0v) is 15.6. The summed E-state index contributed by atoms with van der Waals surface area (Å²) in [6, 6.07) is 10.8. The van der Waals surface area contributed by atoms with Gasteiger partial charge < -0.3 is 9.64 Å². The number of benzene rings is 1. The zero-order valence-electron chi connectivity index (χ0n) is 13.9. The summed E-state index contributed by atoms with van der Waals surface area (Å²) in [7, 11) is -3.44. The van der Waals surface area contributed by atoms with E-state index in [9.17, 15) is 13.2 Å². The van der Waals surface area contributed by atoms with E-state index in [2.05, 4.69) is 0 Å². The first kappa shape index (κ1) is 17.9. The summed E-state index contributed by atoms with van der Waals surface area (Å²) in [4.78, 5) is 13.9. The van der Waals surface area contributed by atoms with Gasteiger partial charge in [0.05, 0.1) is 0 Å². The lowest BCUT2D eigenvalue weighted by molar-refractivity contribution is -0.134. The molecular formula is C17H20N2O4S2. The molecule has 0 bridgehead atoms. The number of rotatable bonds is 5. The SMILES string of the molecule is Cc1ccc(OCC(=O)N2CCN(S(=O)(=O)c3cccs3)CC2)cc1. The van der Waals surface area contributed by atoms with Gasteiger partial charge in [-0.25, -0.2) is 8.42 Å². The molecule has 0 N–H and O–H groups in total. The molecule has 3 rings (SSSR count). The number of thiophene rings is 1. The van der Waals surface area contributed by atoms with Crippen molar-refractivity contribution in [2.24, 2.45) is 0 Å². The number of ether oxygens (including phenoxy) is 1. The van der Waals surface area contributed by atoms with Crippen LogP contribution in [0.3, 0.4) is 0 Å². The van der Waals surface area contributed by atoms with Gasteiger partial charge in [-0.2, -0.15) is 4.31 Å². The molecular weight excluding hydrogens is 360 g/mol. The van der Waals surface area contributed by atoms with E-state index in [0.29, 0.717) is 36.1 Å². The molecule has 1 amide bonds. The first-order chi connectivity index (χ1) is 12.0. The number of carbonyl (C=O) groups excluding carboxylic acids is 1. The molecule has 1 aromatic carbocycles. The molecule has 0 saturated carbocycles. The zero-order chi connectivity index (χ0) is 17.9. The fourth-order valence-electron chi connectivity index (χ4n) is 2.59. The predicted molar refractivity (Wildman–Crippen MR) is 96.3 cm³/mol. The Morgan fingerprint density at radius 3 is 2.40 bits per heavy atom. The molecule has 2 heterocycles. The number of aryl methyl sites for hydroxylation is 1. The quantitative estimate of drug-likeness (QED) is 0.795. The summed E-state index contributed by atoms with van der Waals surface area (Å²) < 4.78 is 32.2. The van der Waals surface area contributed by atoms with Gasteiger partial charge in [0.15, 0.2) is 6.61 Å². The second kappa shape index (κ2) is 7.55. The monoisotopic (exact) mass is 380 g/mol. The third-order valence-corrected chi connectivity index (χ3v) is 7.34. The maximum absolute atomic E-state index is 12.5. The molecule has 0 atom stereocenters. The summed E-state index contributed by atoms with van der Waals surface area (Å²) in [6.07, 6.45) is 0. The average molecular weight is 380 g/mol. The molecule has 6 nitrogen and oxygen atoms in total. The highest BCUT2D eigenvalue weighted by molar-refractivity contribution is 7.91. The highest BCUT2D eigenvalue weighted by Gasteiger charge is 2.30. The summed E-state index contributed by atoms with van der Waals surface area (Å²) >= 11 is 1.21. The van der Waals surface area contributed by atoms with E-state index in [1.165, 1.54) is 15.6 Å². The summed E-state index contributed by atoms with van der Waals surface area (Å²) in [5.41, 5.74) is 1.13. The Labute approximate surface area is 151 Å². The second-order valence-electron chi connectivity index (χ2n) is 5.82. The van der Waals surface area contributed by atoms with Crippen LogP contribution in [0.15, 0.2) is 46.0 Å². The molecule has 0 radical (unpaired) electrons. The molecule has 1 aliphatic rings. The fraction of sp³-hybridized carbons (Fsp3) is 0.353. The van der Waals surface area contributed by atoms with Crippen LogP contribution in [-0.2, 0) is 14.8 Å². The van der Waals surface area contributed by atoms with Crippen LogP contribution >= 0.6 is 11.3 Å². The van der Waals surface area contributed by atoms with Crippen molar-refractivity contribution < 1.29 is 17.9 Å². The maximum atomic E-state index is 12.5. The number of amides is 1. The minimum absolute atomic E-state index is 0.0409. The molecule has 134 valence electrons. The van der Waals surface area contributed by atoms with Crippen molar-refractivity contribution in [3.05, 3.63) is 47.3 Å². The number of sulfonamides is 1. The Balaban J connectivity index is 1.51. The van der Waals surface area contributed by atoms with Crippen LogP contribution < -0.4 is 4.74 Å². The van der Waals surface area contributed by atoms with Crippen molar-refractivity contribution in [1.29, 1.82) is 0 Å². The first-order valence-electron chi connectivity index (χ1n) is 7.98. The van der Waals surface area contributed by atoms with Crippen LogP contribution in [0.1, 0.15) is 5.56 Å². The lowest BCUT2D eigenvalue weighted by atomic mass is 10.2. The largest absolute Gasteiger partial charge is 0.484 e. The topological polar surface area (TPSA) is 66.9 Å². The van der Waals surface area contributed by atoms with Crippen LogP contribution in [0, 0.1) is 6.92 Å². The van der Waals surface area contributed by atoms with E-state index >= 15 is 0 Å². The molecule has 2 aromatic rings. The Hall–Kier alpha value is -1.90. The second-order valence-corrected chi connectivity index (χ2v) is 8.93. The molecule has 0 spiro atoms. The van der Waals surface area contributed by atoms with Crippen molar-refractivity contribution in [1.82, 2.24) is 9.21 Å². The third-order valence-electron chi connectivity index (χ3n) is 4.06. The van der Waals surface area contributed by atoms with Crippen LogP contribution in [0.2, 0.25) is 0 Å². The van der Waals surface area contributed by atoms with E-state index in [1.807, 2.05) is 31.2 Å². The molecule has 1 saturated heterocycles. The molecule has 1 aromatic heterocycles. The number of piperazine rings is 1. The van der Waals surface area contributed by atoms with Crippen LogP contribution in [0.5, 0.6) is 5.75 Å². The average Bonchev–Trinajstić information content (AvgIpc) is 3.16. The number of carbonyl (C=O) groups is 1. The Morgan fingerprint density at radius 1 is 1.12 bits per heavy atom. The van der Waals surface area contributed by atoms with E-state index in [-0.39, 0.29) is 12.5 Å². The standard InChI is InChI=1S/C17H20N2O4S2/c1-14-4-6-15(7-5-14)23-13-16(20)18-8-10-19(11-9-18)25(21,22)17-3-2-12-24-17/h2-7,12H,8-11,13H2,1H3. The third kappa shape index (κ3) is 4.20. The van der Waals surface area contributed by atoms with E-state index < -0.39 is 10.0 Å². The van der Waals surface area contributed by atoms with E-state index in [1.54, 1.807) is 22.4 Å². The van der Waals surface area contributed by atoms with Gasteiger partial charge in [0.25, 0.3) is 15.9 Å². The van der Waals surface area contributed by atoms with Gasteiger partial charge >= 0.3 is 0 Å². The Bertz CT molecular complexity index is 809. The molecule has 1 aliphatic heterocycles. The summed E-state index contributed by atoms with van der Waals surface area (Å²) in [6.45, 7) is 3.30. The van der Waals surface area contributed by atoms with Gasteiger partial charge in [-0.05, 0) is 30.5 Å². The highest BCUT2D eigenvalue weighted by atomic mass is 32.2. The van der Waals surface area contributed by atoms with E-state index in [0.717, 1.165) is 5.56 Å². The number of nitrogens with zero attached hydrogens (tertiary/aromatic N) is 2. The maximum Gasteiger partial charge on any atom is 0.260 e. The Kier molecular flexibility index (Phi) is 5.41. The lowest BCUT2D eigenvalue weighted by Gasteiger charge is -2.33. The van der Waals surface area contributed by atoms with Crippen LogP contribution in [-0.4, -0.2) is 56.3 Å². The highest BCUT2D eigenvalue weighted by Crippen LogP contribution is 2.22. The minimum Gasteiger partial charge on any atom is -0.484 e. The number of hydrogen-bond acceptors (Lipinski definition) is 5. The molecule has 8 heteroatoms. The molecule has 0 unspecified atom stereocenters. The molecule has 1 fully saturated rings. The van der Waals surface area contributed by atoms with Crippen molar-refractivity contribution in [3.8, 4) is 5.75 Å². The molecule has 25 heavy (non-hydrogen) atoms. The van der Waals surface area contributed by atoms with Crippen molar-refractivity contribution in [3.63, 3.8) is 0 Å². The lowest BCUT2D eigenvalue weighted by Crippen LogP contribution is -2.51. The van der Waals surface area contributed by atoms with Gasteiger partial charge in [0.1, 0.15) is 9.96 Å². The van der Waals surface area contributed by atoms with Gasteiger partial charge in [0.2, 0.25) is 0 Å². The smallest absolute Gasteiger partial charge is 0.260 e. The predicted octanol–water partition coefficient (Wildman–Crippen LogP) is 1.97. The first-order valence-corrected chi connectivity index (χ1v) is 10.3. The van der Waals surface area contributed by atoms with Crippen LogP contribution in [0.25, 0.3) is 0 Å². The fourth-order valence-corrected chi connectivity index (χ4v) is 5.15. The normalized spacial score (nSPS) is 16.0.